The Balaban J connectivity index is 0.00000320. The zero-order valence-electron chi connectivity index (χ0n) is 17.3. The van der Waals surface area contributed by atoms with E-state index in [1.807, 2.05) is 36.4 Å². The molecule has 0 amide bonds. The SMILES string of the molecule is CN=C(NCCc1ccc(OC)cc1)NCc1nc(-c2ccc(OC)cc2)n[nH]1.I. The molecule has 0 fully saturated rings. The molecule has 1 heterocycles. The van der Waals surface area contributed by atoms with Gasteiger partial charge in [-0.2, -0.15) is 5.10 Å². The second kappa shape index (κ2) is 12.0. The van der Waals surface area contributed by atoms with Crippen molar-refractivity contribution in [1.29, 1.82) is 0 Å². The van der Waals surface area contributed by atoms with Gasteiger partial charge in [-0.05, 0) is 48.4 Å². The molecule has 0 atom stereocenters. The second-order valence-corrected chi connectivity index (χ2v) is 6.28. The molecule has 1 aromatic heterocycles. The highest BCUT2D eigenvalue weighted by atomic mass is 127. The maximum atomic E-state index is 5.18. The van der Waals surface area contributed by atoms with Gasteiger partial charge >= 0.3 is 0 Å². The molecule has 0 spiro atoms. The number of aromatic nitrogens is 3. The predicted molar refractivity (Wildman–Crippen MR) is 129 cm³/mol. The molecule has 0 unspecified atom stereocenters. The molecule has 9 heteroatoms. The Kier molecular flexibility index (Phi) is 9.39. The lowest BCUT2D eigenvalue weighted by molar-refractivity contribution is 0.414. The van der Waals surface area contributed by atoms with Gasteiger partial charge in [-0.15, -0.1) is 24.0 Å². The minimum absolute atomic E-state index is 0. The zero-order valence-corrected chi connectivity index (χ0v) is 19.6. The third kappa shape index (κ3) is 6.61. The molecule has 30 heavy (non-hydrogen) atoms. The molecule has 0 bridgehead atoms. The fourth-order valence-corrected chi connectivity index (χ4v) is 2.75. The first kappa shape index (κ1) is 23.5. The number of nitrogens with one attached hydrogen (secondary N) is 3. The van der Waals surface area contributed by atoms with Crippen LogP contribution in [0, 0.1) is 0 Å². The van der Waals surface area contributed by atoms with E-state index in [0.717, 1.165) is 35.9 Å². The van der Waals surface area contributed by atoms with E-state index >= 15 is 0 Å². The first-order chi connectivity index (χ1) is 14.2. The first-order valence-electron chi connectivity index (χ1n) is 9.35. The van der Waals surface area contributed by atoms with Crippen LogP contribution >= 0.6 is 24.0 Å². The Bertz CT molecular complexity index is 925. The molecule has 0 aliphatic heterocycles. The summed E-state index contributed by atoms with van der Waals surface area (Å²) >= 11 is 0. The van der Waals surface area contributed by atoms with E-state index in [9.17, 15) is 0 Å². The molecule has 8 nitrogen and oxygen atoms in total. The van der Waals surface area contributed by atoms with Gasteiger partial charge in [0, 0.05) is 19.2 Å². The summed E-state index contributed by atoms with van der Waals surface area (Å²) in [6, 6.07) is 15.7. The third-order valence-electron chi connectivity index (χ3n) is 4.39. The van der Waals surface area contributed by atoms with Gasteiger partial charge in [-0.25, -0.2) is 4.98 Å². The summed E-state index contributed by atoms with van der Waals surface area (Å²) < 4.78 is 10.4. The highest BCUT2D eigenvalue weighted by molar-refractivity contribution is 14.0. The summed E-state index contributed by atoms with van der Waals surface area (Å²) in [5.74, 6) is 3.75. The number of benzene rings is 2. The average molecular weight is 522 g/mol. The number of halogens is 1. The van der Waals surface area contributed by atoms with Gasteiger partial charge in [0.1, 0.15) is 17.3 Å². The van der Waals surface area contributed by atoms with Crippen LogP contribution in [0.2, 0.25) is 0 Å². The van der Waals surface area contributed by atoms with Gasteiger partial charge in [-0.1, -0.05) is 12.1 Å². The maximum absolute atomic E-state index is 5.18. The molecule has 0 aliphatic carbocycles. The van der Waals surface area contributed by atoms with Gasteiger partial charge in [0.15, 0.2) is 11.8 Å². The monoisotopic (exact) mass is 522 g/mol. The van der Waals surface area contributed by atoms with E-state index in [0.29, 0.717) is 18.3 Å². The van der Waals surface area contributed by atoms with Gasteiger partial charge < -0.3 is 20.1 Å². The Hall–Kier alpha value is -2.82. The highest BCUT2D eigenvalue weighted by Gasteiger charge is 2.07. The van der Waals surface area contributed by atoms with Crippen LogP contribution in [0.1, 0.15) is 11.4 Å². The first-order valence-corrected chi connectivity index (χ1v) is 9.35. The second-order valence-electron chi connectivity index (χ2n) is 6.28. The van der Waals surface area contributed by atoms with Crippen molar-refractivity contribution in [2.75, 3.05) is 27.8 Å². The molecule has 2 aromatic carbocycles. The van der Waals surface area contributed by atoms with E-state index in [1.165, 1.54) is 5.56 Å². The van der Waals surface area contributed by atoms with E-state index in [4.69, 9.17) is 9.47 Å². The number of H-pyrrole nitrogens is 1. The number of nitrogens with zero attached hydrogens (tertiary/aromatic N) is 3. The smallest absolute Gasteiger partial charge is 0.191 e. The number of hydrogen-bond donors (Lipinski definition) is 3. The molecule has 160 valence electrons. The Labute approximate surface area is 193 Å². The summed E-state index contributed by atoms with van der Waals surface area (Å²) in [5, 5.41) is 13.8. The van der Waals surface area contributed by atoms with E-state index in [-0.39, 0.29) is 24.0 Å². The average Bonchev–Trinajstić information content (AvgIpc) is 3.25. The number of methoxy groups -OCH3 is 2. The van der Waals surface area contributed by atoms with Gasteiger partial charge in [0.25, 0.3) is 0 Å². The van der Waals surface area contributed by atoms with E-state index < -0.39 is 0 Å². The fraction of sp³-hybridized carbons (Fsp3) is 0.286. The van der Waals surface area contributed by atoms with E-state index in [1.54, 1.807) is 21.3 Å². The molecule has 3 rings (SSSR count). The number of aromatic amines is 1. The van der Waals surface area contributed by atoms with Gasteiger partial charge in [0.05, 0.1) is 20.8 Å². The standard InChI is InChI=1S/C21H26N6O2.HI/c1-22-21(23-13-12-15-4-8-17(28-2)9-5-15)24-14-19-25-20(27-26-19)16-6-10-18(29-3)11-7-16;/h4-11H,12-14H2,1-3H3,(H2,22,23,24)(H,25,26,27);1H. The van der Waals surface area contributed by atoms with Crippen molar-refractivity contribution in [3.63, 3.8) is 0 Å². The van der Waals surface area contributed by atoms with E-state index in [2.05, 4.69) is 42.9 Å². The molecule has 0 radical (unpaired) electrons. The minimum atomic E-state index is 0. The van der Waals surface area contributed by atoms with Crippen molar-refractivity contribution in [2.45, 2.75) is 13.0 Å². The molecule has 3 N–H and O–H groups in total. The molecule has 3 aromatic rings. The van der Waals surface area contributed by atoms with Crippen LogP contribution in [-0.4, -0.2) is 49.0 Å². The number of ether oxygens (including phenoxy) is 2. The summed E-state index contributed by atoms with van der Waals surface area (Å²) in [5.41, 5.74) is 2.16. The molecular formula is C21H27IN6O2. The van der Waals surface area contributed by atoms with Crippen molar-refractivity contribution in [3.05, 3.63) is 59.9 Å². The normalized spacial score (nSPS) is 10.8. The minimum Gasteiger partial charge on any atom is -0.497 e. The van der Waals surface area contributed by atoms with Crippen molar-refractivity contribution in [1.82, 2.24) is 25.8 Å². The number of aliphatic imine (C=N–C) groups is 1. The van der Waals surface area contributed by atoms with Gasteiger partial charge in [0.2, 0.25) is 0 Å². The van der Waals surface area contributed by atoms with Crippen molar-refractivity contribution in [2.24, 2.45) is 4.99 Å². The Morgan fingerprint density at radius 1 is 0.967 bits per heavy atom. The predicted octanol–water partition coefficient (Wildman–Crippen LogP) is 3.01. The van der Waals surface area contributed by atoms with Crippen LogP contribution in [0.3, 0.4) is 0 Å². The lowest BCUT2D eigenvalue weighted by Crippen LogP contribution is -2.38. The number of guanidine groups is 1. The largest absolute Gasteiger partial charge is 0.497 e. The highest BCUT2D eigenvalue weighted by Crippen LogP contribution is 2.18. The Morgan fingerprint density at radius 3 is 2.20 bits per heavy atom. The van der Waals surface area contributed by atoms with Crippen molar-refractivity contribution >= 4 is 29.9 Å². The summed E-state index contributed by atoms with van der Waals surface area (Å²) in [6.07, 6.45) is 0.884. The van der Waals surface area contributed by atoms with Crippen LogP contribution in [-0.2, 0) is 13.0 Å². The molecule has 0 aliphatic rings. The fourth-order valence-electron chi connectivity index (χ4n) is 2.75. The van der Waals surface area contributed by atoms with Crippen LogP contribution < -0.4 is 20.1 Å². The quantitative estimate of drug-likeness (QED) is 0.239. The summed E-state index contributed by atoms with van der Waals surface area (Å²) in [6.45, 7) is 1.25. The molecule has 0 saturated heterocycles. The molecule has 0 saturated carbocycles. The van der Waals surface area contributed by atoms with Gasteiger partial charge in [-0.3, -0.25) is 10.1 Å². The number of rotatable bonds is 8. The summed E-state index contributed by atoms with van der Waals surface area (Å²) in [4.78, 5) is 8.77. The Morgan fingerprint density at radius 2 is 1.60 bits per heavy atom. The van der Waals surface area contributed by atoms with Crippen molar-refractivity contribution in [3.8, 4) is 22.9 Å². The van der Waals surface area contributed by atoms with Crippen LogP contribution in [0.5, 0.6) is 11.5 Å². The molecular weight excluding hydrogens is 495 g/mol. The third-order valence-corrected chi connectivity index (χ3v) is 4.39. The van der Waals surface area contributed by atoms with Crippen LogP contribution in [0.4, 0.5) is 0 Å². The lowest BCUT2D eigenvalue weighted by Gasteiger charge is -2.11. The maximum Gasteiger partial charge on any atom is 0.191 e. The zero-order chi connectivity index (χ0) is 20.5. The topological polar surface area (TPSA) is 96.5 Å². The van der Waals surface area contributed by atoms with Crippen LogP contribution in [0.25, 0.3) is 11.4 Å². The van der Waals surface area contributed by atoms with Crippen molar-refractivity contribution < 1.29 is 9.47 Å². The summed E-state index contributed by atoms with van der Waals surface area (Å²) in [7, 11) is 5.05. The lowest BCUT2D eigenvalue weighted by atomic mass is 10.1. The number of hydrogen-bond acceptors (Lipinski definition) is 5. The van der Waals surface area contributed by atoms with Crippen LogP contribution in [0.15, 0.2) is 53.5 Å².